The van der Waals surface area contributed by atoms with E-state index < -0.39 is 32.8 Å². The van der Waals surface area contributed by atoms with Crippen molar-refractivity contribution < 1.29 is 35.3 Å². The minimum Gasteiger partial charge on any atom is -0.462 e. The zero-order valence-electron chi connectivity index (χ0n) is 14.9. The molecule has 1 aliphatic carbocycles. The lowest BCUT2D eigenvalue weighted by Gasteiger charge is -2.17. The van der Waals surface area contributed by atoms with Gasteiger partial charge in [0.2, 0.25) is 5.43 Å². The molecular formula is C17H16F3NO6S. The van der Waals surface area contributed by atoms with Crippen molar-refractivity contribution in [3.05, 3.63) is 39.7 Å². The second-order valence-electron chi connectivity index (χ2n) is 6.30. The third-order valence-corrected chi connectivity index (χ3v) is 5.28. The first-order valence-corrected chi connectivity index (χ1v) is 9.75. The van der Waals surface area contributed by atoms with E-state index in [1.807, 2.05) is 0 Å². The Balaban J connectivity index is 2.23. The van der Waals surface area contributed by atoms with Crippen LogP contribution in [0.3, 0.4) is 0 Å². The number of aromatic nitrogens is 1. The Morgan fingerprint density at radius 2 is 1.93 bits per heavy atom. The van der Waals surface area contributed by atoms with Gasteiger partial charge in [0.05, 0.1) is 12.1 Å². The van der Waals surface area contributed by atoms with Gasteiger partial charge < -0.3 is 13.5 Å². The average Bonchev–Trinajstić information content (AvgIpc) is 3.41. The summed E-state index contributed by atoms with van der Waals surface area (Å²) in [6, 6.07) is 2.05. The summed E-state index contributed by atoms with van der Waals surface area (Å²) in [5.74, 6) is -1.34. The molecule has 1 aromatic heterocycles. The maximum atomic E-state index is 12.7. The number of hydrogen-bond acceptors (Lipinski definition) is 6. The Labute approximate surface area is 157 Å². The number of esters is 1. The highest BCUT2D eigenvalue weighted by atomic mass is 32.2. The van der Waals surface area contributed by atoms with Gasteiger partial charge in [-0.15, -0.1) is 0 Å². The van der Waals surface area contributed by atoms with Gasteiger partial charge in [-0.1, -0.05) is 0 Å². The van der Waals surface area contributed by atoms with Crippen LogP contribution in [-0.2, 0) is 14.9 Å². The highest BCUT2D eigenvalue weighted by Gasteiger charge is 2.48. The Morgan fingerprint density at radius 1 is 1.29 bits per heavy atom. The van der Waals surface area contributed by atoms with Crippen molar-refractivity contribution in [3.8, 4) is 5.75 Å². The molecule has 3 rings (SSSR count). The number of benzene rings is 1. The largest absolute Gasteiger partial charge is 0.534 e. The van der Waals surface area contributed by atoms with Gasteiger partial charge >= 0.3 is 21.6 Å². The summed E-state index contributed by atoms with van der Waals surface area (Å²) < 4.78 is 71.3. The van der Waals surface area contributed by atoms with Crippen molar-refractivity contribution in [3.63, 3.8) is 0 Å². The zero-order valence-corrected chi connectivity index (χ0v) is 15.7. The van der Waals surface area contributed by atoms with Crippen LogP contribution in [-0.4, -0.2) is 31.1 Å². The second-order valence-corrected chi connectivity index (χ2v) is 7.84. The molecular weight excluding hydrogens is 403 g/mol. The lowest BCUT2D eigenvalue weighted by molar-refractivity contribution is -0.0500. The fraction of sp³-hybridized carbons (Fsp3) is 0.412. The number of fused-ring (bicyclic) bond motifs is 1. The molecule has 7 nitrogen and oxygen atoms in total. The summed E-state index contributed by atoms with van der Waals surface area (Å²) in [5, 5.41) is 0.0618. The average molecular weight is 419 g/mol. The summed E-state index contributed by atoms with van der Waals surface area (Å²) in [6.45, 7) is 3.01. The fourth-order valence-corrected chi connectivity index (χ4v) is 3.37. The standard InChI is InChI=1S/C17H16F3NO6S/c1-3-26-16(23)12-8-21(10-4-5-10)14-9(2)13(7-6-11(14)15(12)22)27-28(24,25)17(18,19)20/h6-8,10H,3-5H2,1-2H3. The van der Waals surface area contributed by atoms with E-state index >= 15 is 0 Å². The fourth-order valence-electron chi connectivity index (χ4n) is 2.86. The zero-order chi connectivity index (χ0) is 20.9. The van der Waals surface area contributed by atoms with Crippen molar-refractivity contribution in [1.29, 1.82) is 0 Å². The summed E-state index contributed by atoms with van der Waals surface area (Å²) in [6.07, 6.45) is 2.78. The predicted octanol–water partition coefficient (Wildman–Crippen LogP) is 3.05. The molecule has 0 aliphatic heterocycles. The van der Waals surface area contributed by atoms with Gasteiger partial charge in [-0.05, 0) is 38.8 Å². The molecule has 0 amide bonds. The van der Waals surface area contributed by atoms with Gasteiger partial charge in [0, 0.05) is 23.2 Å². The Bertz CT molecular complexity index is 1120. The van der Waals surface area contributed by atoms with Crippen LogP contribution in [0.1, 0.15) is 41.7 Å². The van der Waals surface area contributed by atoms with Gasteiger partial charge in [0.1, 0.15) is 11.3 Å². The molecule has 28 heavy (non-hydrogen) atoms. The third kappa shape index (κ3) is 3.46. The minimum absolute atomic E-state index is 0.0460. The Morgan fingerprint density at radius 3 is 2.46 bits per heavy atom. The van der Waals surface area contributed by atoms with Crippen LogP contribution in [0.5, 0.6) is 5.75 Å². The molecule has 0 N–H and O–H groups in total. The van der Waals surface area contributed by atoms with E-state index in [9.17, 15) is 31.2 Å². The summed E-state index contributed by atoms with van der Waals surface area (Å²) in [7, 11) is -5.86. The number of aryl methyl sites for hydroxylation is 1. The summed E-state index contributed by atoms with van der Waals surface area (Å²) in [4.78, 5) is 24.8. The number of rotatable bonds is 5. The molecule has 1 heterocycles. The minimum atomic E-state index is -5.86. The molecule has 0 spiro atoms. The van der Waals surface area contributed by atoms with Crippen LogP contribution < -0.4 is 9.61 Å². The smallest absolute Gasteiger partial charge is 0.462 e. The van der Waals surface area contributed by atoms with Gasteiger partial charge in [-0.2, -0.15) is 21.6 Å². The van der Waals surface area contributed by atoms with Gasteiger partial charge in [0.15, 0.2) is 0 Å². The number of carbonyl (C=O) groups is 1. The summed E-state index contributed by atoms with van der Waals surface area (Å²) in [5.41, 5.74) is -6.17. The predicted molar refractivity (Wildman–Crippen MR) is 92.8 cm³/mol. The maximum absolute atomic E-state index is 12.7. The van der Waals surface area contributed by atoms with Crippen molar-refractivity contribution in [1.82, 2.24) is 4.57 Å². The SMILES string of the molecule is CCOC(=O)c1cn(C2CC2)c2c(C)c(OS(=O)(=O)C(F)(F)F)ccc2c1=O. The highest BCUT2D eigenvalue weighted by Crippen LogP contribution is 2.39. The van der Waals surface area contributed by atoms with E-state index in [1.54, 1.807) is 11.5 Å². The number of ether oxygens (including phenoxy) is 1. The molecule has 0 atom stereocenters. The number of halogens is 3. The Kier molecular flexibility index (Phi) is 4.90. The molecule has 2 aromatic rings. The van der Waals surface area contributed by atoms with E-state index in [-0.39, 0.29) is 34.7 Å². The molecule has 1 aromatic carbocycles. The van der Waals surface area contributed by atoms with E-state index in [2.05, 4.69) is 4.18 Å². The first kappa shape index (κ1) is 20.2. The molecule has 0 unspecified atom stereocenters. The van der Waals surface area contributed by atoms with Crippen LogP contribution in [0.25, 0.3) is 10.9 Å². The number of hydrogen-bond donors (Lipinski definition) is 0. The maximum Gasteiger partial charge on any atom is 0.534 e. The third-order valence-electron chi connectivity index (χ3n) is 4.32. The molecule has 1 fully saturated rings. The lowest BCUT2D eigenvalue weighted by Crippen LogP contribution is -2.28. The summed E-state index contributed by atoms with van der Waals surface area (Å²) >= 11 is 0. The van der Waals surface area contributed by atoms with E-state index in [0.29, 0.717) is 0 Å². The normalized spacial score (nSPS) is 14.9. The lowest BCUT2D eigenvalue weighted by atomic mass is 10.1. The molecule has 0 saturated heterocycles. The van der Waals surface area contributed by atoms with Crippen LogP contribution in [0.4, 0.5) is 13.2 Å². The molecule has 1 saturated carbocycles. The molecule has 1 aliphatic rings. The molecule has 0 bridgehead atoms. The van der Waals surface area contributed by atoms with E-state index in [0.717, 1.165) is 25.0 Å². The van der Waals surface area contributed by atoms with E-state index in [4.69, 9.17) is 4.74 Å². The van der Waals surface area contributed by atoms with Crippen LogP contribution in [0, 0.1) is 6.92 Å². The van der Waals surface area contributed by atoms with Crippen molar-refractivity contribution in [2.75, 3.05) is 6.61 Å². The Hall–Kier alpha value is -2.56. The first-order chi connectivity index (χ1) is 13.0. The van der Waals surface area contributed by atoms with E-state index in [1.165, 1.54) is 13.1 Å². The monoisotopic (exact) mass is 419 g/mol. The number of alkyl halides is 3. The van der Waals surface area contributed by atoms with Crippen LogP contribution in [0.15, 0.2) is 23.1 Å². The van der Waals surface area contributed by atoms with Gasteiger partial charge in [-0.25, -0.2) is 4.79 Å². The van der Waals surface area contributed by atoms with Crippen LogP contribution >= 0.6 is 0 Å². The topological polar surface area (TPSA) is 91.7 Å². The number of nitrogens with zero attached hydrogens (tertiary/aromatic N) is 1. The first-order valence-electron chi connectivity index (χ1n) is 8.34. The molecule has 11 heteroatoms. The van der Waals surface area contributed by atoms with Crippen molar-refractivity contribution in [2.45, 2.75) is 38.2 Å². The number of pyridine rings is 1. The molecule has 0 radical (unpaired) electrons. The second kappa shape index (κ2) is 6.80. The molecule has 152 valence electrons. The number of carbonyl (C=O) groups excluding carboxylic acids is 1. The highest BCUT2D eigenvalue weighted by molar-refractivity contribution is 7.88. The quantitative estimate of drug-likeness (QED) is 0.420. The van der Waals surface area contributed by atoms with Gasteiger partial charge in [-0.3, -0.25) is 4.79 Å². The van der Waals surface area contributed by atoms with Crippen LogP contribution in [0.2, 0.25) is 0 Å². The van der Waals surface area contributed by atoms with Crippen molar-refractivity contribution >= 4 is 27.0 Å². The van der Waals surface area contributed by atoms with Crippen molar-refractivity contribution in [2.24, 2.45) is 0 Å². The van der Waals surface area contributed by atoms with Gasteiger partial charge in [0.25, 0.3) is 0 Å².